The summed E-state index contributed by atoms with van der Waals surface area (Å²) in [5.41, 5.74) is 2.32. The van der Waals surface area contributed by atoms with Crippen molar-refractivity contribution in [2.75, 3.05) is 11.5 Å². The largest absolute Gasteiger partial charge is 0.302 e. The predicted octanol–water partition coefficient (Wildman–Crippen LogP) is 2.55. The van der Waals surface area contributed by atoms with Crippen LogP contribution in [0.1, 0.15) is 23.6 Å². The van der Waals surface area contributed by atoms with Crippen molar-refractivity contribution in [3.8, 4) is 0 Å². The molecular weight excluding hydrogens is 282 g/mol. The fourth-order valence-electron chi connectivity index (χ4n) is 2.84. The summed E-state index contributed by atoms with van der Waals surface area (Å²) in [6.45, 7) is 0. The van der Waals surface area contributed by atoms with E-state index in [9.17, 15) is 8.42 Å². The average molecular weight is 301 g/mol. The van der Waals surface area contributed by atoms with Crippen LogP contribution in [0.4, 0.5) is 0 Å². The standard InChI is InChI=1S/C17H19NO2S/c19-21(20)12-11-16(13-21)18-17(14-7-3-1-4-8-14)15-9-5-2-6-10-15/h1-10,16-18H,11-13H2. The average Bonchev–Trinajstić information content (AvgIpc) is 2.86. The highest BCUT2D eigenvalue weighted by Crippen LogP contribution is 2.24. The molecule has 1 unspecified atom stereocenters. The molecule has 1 heterocycles. The molecule has 0 radical (unpaired) electrons. The number of hydrogen-bond donors (Lipinski definition) is 1. The molecule has 0 aliphatic carbocycles. The van der Waals surface area contributed by atoms with E-state index in [2.05, 4.69) is 29.6 Å². The minimum absolute atomic E-state index is 0.0282. The summed E-state index contributed by atoms with van der Waals surface area (Å²) in [5, 5.41) is 3.52. The molecule has 2 aromatic rings. The zero-order chi connectivity index (χ0) is 14.7. The van der Waals surface area contributed by atoms with Crippen LogP contribution in [-0.2, 0) is 9.84 Å². The van der Waals surface area contributed by atoms with E-state index in [1.54, 1.807) is 0 Å². The van der Waals surface area contributed by atoms with Gasteiger partial charge in [0.2, 0.25) is 0 Å². The maximum Gasteiger partial charge on any atom is 0.151 e. The van der Waals surface area contributed by atoms with Gasteiger partial charge in [-0.3, -0.25) is 0 Å². The van der Waals surface area contributed by atoms with Crippen LogP contribution >= 0.6 is 0 Å². The van der Waals surface area contributed by atoms with Gasteiger partial charge in [-0.2, -0.15) is 0 Å². The normalized spacial score (nSPS) is 20.7. The van der Waals surface area contributed by atoms with Crippen LogP contribution in [0, 0.1) is 0 Å². The Hall–Kier alpha value is -1.65. The van der Waals surface area contributed by atoms with Crippen LogP contribution in [0.25, 0.3) is 0 Å². The van der Waals surface area contributed by atoms with Gasteiger partial charge in [-0.15, -0.1) is 0 Å². The molecule has 1 atom stereocenters. The lowest BCUT2D eigenvalue weighted by molar-refractivity contribution is 0.504. The minimum atomic E-state index is -2.87. The van der Waals surface area contributed by atoms with Crippen LogP contribution in [0.2, 0.25) is 0 Å². The van der Waals surface area contributed by atoms with Crippen LogP contribution in [0.15, 0.2) is 60.7 Å². The quantitative estimate of drug-likeness (QED) is 0.944. The summed E-state index contributed by atoms with van der Waals surface area (Å²) in [7, 11) is -2.87. The Morgan fingerprint density at radius 3 is 1.86 bits per heavy atom. The van der Waals surface area contributed by atoms with Crippen molar-refractivity contribution in [3.05, 3.63) is 71.8 Å². The van der Waals surface area contributed by atoms with Crippen molar-refractivity contribution in [2.45, 2.75) is 18.5 Å². The molecule has 4 heteroatoms. The number of nitrogens with one attached hydrogen (secondary N) is 1. The molecule has 3 nitrogen and oxygen atoms in total. The van der Waals surface area contributed by atoms with E-state index in [0.717, 1.165) is 11.1 Å². The Morgan fingerprint density at radius 1 is 0.905 bits per heavy atom. The molecule has 110 valence electrons. The van der Waals surface area contributed by atoms with Gasteiger partial charge in [-0.1, -0.05) is 60.7 Å². The summed E-state index contributed by atoms with van der Waals surface area (Å²) in [6, 6.07) is 20.4. The van der Waals surface area contributed by atoms with Gasteiger partial charge in [0, 0.05) is 6.04 Å². The molecule has 0 spiro atoms. The van der Waals surface area contributed by atoms with Crippen molar-refractivity contribution in [1.82, 2.24) is 5.32 Å². The zero-order valence-corrected chi connectivity index (χ0v) is 12.6. The highest BCUT2D eigenvalue weighted by atomic mass is 32.2. The summed E-state index contributed by atoms with van der Waals surface area (Å²) < 4.78 is 23.3. The first-order valence-electron chi connectivity index (χ1n) is 7.20. The molecular formula is C17H19NO2S. The number of sulfone groups is 1. The molecule has 2 aromatic carbocycles. The highest BCUT2D eigenvalue weighted by Gasteiger charge is 2.30. The molecule has 1 aliphatic rings. The third-order valence-electron chi connectivity index (χ3n) is 3.90. The third-order valence-corrected chi connectivity index (χ3v) is 5.67. The van der Waals surface area contributed by atoms with E-state index in [1.165, 1.54) is 0 Å². The van der Waals surface area contributed by atoms with Crippen molar-refractivity contribution in [3.63, 3.8) is 0 Å². The van der Waals surface area contributed by atoms with Crippen molar-refractivity contribution in [2.24, 2.45) is 0 Å². The molecule has 1 saturated heterocycles. The first-order valence-corrected chi connectivity index (χ1v) is 9.02. The summed E-state index contributed by atoms with van der Waals surface area (Å²) in [6.07, 6.45) is 0.693. The molecule has 0 saturated carbocycles. The zero-order valence-electron chi connectivity index (χ0n) is 11.8. The number of benzene rings is 2. The highest BCUT2D eigenvalue weighted by molar-refractivity contribution is 7.91. The SMILES string of the molecule is O=S1(=O)CCC(NC(c2ccccc2)c2ccccc2)C1. The third kappa shape index (κ3) is 3.52. The van der Waals surface area contributed by atoms with E-state index < -0.39 is 9.84 Å². The Bertz CT molecular complexity index is 644. The second kappa shape index (κ2) is 6.00. The maximum atomic E-state index is 11.7. The van der Waals surface area contributed by atoms with Crippen LogP contribution in [0.5, 0.6) is 0 Å². The number of rotatable bonds is 4. The van der Waals surface area contributed by atoms with E-state index in [4.69, 9.17) is 0 Å². The van der Waals surface area contributed by atoms with Crippen LogP contribution in [-0.4, -0.2) is 26.0 Å². The minimum Gasteiger partial charge on any atom is -0.302 e. The smallest absolute Gasteiger partial charge is 0.151 e. The first kappa shape index (κ1) is 14.3. The second-order valence-corrected chi connectivity index (χ2v) is 7.75. The van der Waals surface area contributed by atoms with Gasteiger partial charge in [-0.25, -0.2) is 8.42 Å². The Balaban J connectivity index is 1.87. The van der Waals surface area contributed by atoms with Gasteiger partial charge < -0.3 is 5.32 Å². The van der Waals surface area contributed by atoms with Crippen LogP contribution in [0.3, 0.4) is 0 Å². The van der Waals surface area contributed by atoms with Crippen molar-refractivity contribution < 1.29 is 8.42 Å². The fraction of sp³-hybridized carbons (Fsp3) is 0.294. The molecule has 0 bridgehead atoms. The summed E-state index contributed by atoms with van der Waals surface area (Å²) in [4.78, 5) is 0. The van der Waals surface area contributed by atoms with Gasteiger partial charge in [0.25, 0.3) is 0 Å². The van der Waals surface area contributed by atoms with E-state index in [-0.39, 0.29) is 17.8 Å². The van der Waals surface area contributed by atoms with Crippen molar-refractivity contribution in [1.29, 1.82) is 0 Å². The van der Waals surface area contributed by atoms with Gasteiger partial charge >= 0.3 is 0 Å². The molecule has 1 N–H and O–H groups in total. The number of hydrogen-bond acceptors (Lipinski definition) is 3. The van der Waals surface area contributed by atoms with E-state index >= 15 is 0 Å². The van der Waals surface area contributed by atoms with E-state index in [1.807, 2.05) is 36.4 Å². The summed E-state index contributed by atoms with van der Waals surface area (Å²) in [5.74, 6) is 0.532. The van der Waals surface area contributed by atoms with Gasteiger partial charge in [-0.05, 0) is 17.5 Å². The predicted molar refractivity (Wildman–Crippen MR) is 84.9 cm³/mol. The second-order valence-electron chi connectivity index (χ2n) is 5.52. The maximum absolute atomic E-state index is 11.7. The van der Waals surface area contributed by atoms with E-state index in [0.29, 0.717) is 12.2 Å². The first-order chi connectivity index (χ1) is 10.1. The molecule has 3 rings (SSSR count). The van der Waals surface area contributed by atoms with Gasteiger partial charge in [0.15, 0.2) is 9.84 Å². The van der Waals surface area contributed by atoms with Crippen molar-refractivity contribution >= 4 is 9.84 Å². The van der Waals surface area contributed by atoms with Gasteiger partial charge in [0.05, 0.1) is 17.5 Å². The Morgan fingerprint density at radius 2 is 1.43 bits per heavy atom. The molecule has 0 aromatic heterocycles. The molecule has 0 amide bonds. The topological polar surface area (TPSA) is 46.2 Å². The summed E-state index contributed by atoms with van der Waals surface area (Å²) >= 11 is 0. The Kier molecular flexibility index (Phi) is 4.08. The lowest BCUT2D eigenvalue weighted by Crippen LogP contribution is -2.34. The molecule has 21 heavy (non-hydrogen) atoms. The van der Waals surface area contributed by atoms with Gasteiger partial charge in [0.1, 0.15) is 0 Å². The fourth-order valence-corrected chi connectivity index (χ4v) is 4.52. The lowest BCUT2D eigenvalue weighted by Gasteiger charge is -2.23. The monoisotopic (exact) mass is 301 g/mol. The molecule has 1 aliphatic heterocycles. The Labute approximate surface area is 125 Å². The van der Waals surface area contributed by atoms with Crippen LogP contribution < -0.4 is 5.32 Å². The lowest BCUT2D eigenvalue weighted by atomic mass is 9.97. The molecule has 1 fully saturated rings.